The van der Waals surface area contributed by atoms with E-state index in [9.17, 15) is 9.18 Å². The Morgan fingerprint density at radius 3 is 2.73 bits per heavy atom. The fraction of sp³-hybridized carbons (Fsp3) is 0.235. The highest BCUT2D eigenvalue weighted by Crippen LogP contribution is 2.23. The molecule has 0 spiro atoms. The molecule has 5 heteroatoms. The average Bonchev–Trinajstić information content (AvgIpc) is 2.49. The summed E-state index contributed by atoms with van der Waals surface area (Å²) in [5, 5.41) is 2.37. The molecule has 22 heavy (non-hydrogen) atoms. The summed E-state index contributed by atoms with van der Waals surface area (Å²) >= 11 is 4.73. The molecular weight excluding hydrogens is 365 g/mol. The molecule has 0 fully saturated rings. The zero-order chi connectivity index (χ0) is 16.1. The first kappa shape index (κ1) is 17.0. The number of halogens is 2. The van der Waals surface area contributed by atoms with Crippen molar-refractivity contribution in [1.82, 2.24) is 0 Å². The van der Waals surface area contributed by atoms with Gasteiger partial charge in [0.05, 0.1) is 10.9 Å². The second-order valence-corrected chi connectivity index (χ2v) is 7.24. The van der Waals surface area contributed by atoms with E-state index in [2.05, 4.69) is 40.3 Å². The lowest BCUT2D eigenvalue weighted by Gasteiger charge is -2.13. The Labute approximate surface area is 142 Å². The van der Waals surface area contributed by atoms with Gasteiger partial charge in [0.2, 0.25) is 5.91 Å². The highest BCUT2D eigenvalue weighted by molar-refractivity contribution is 9.10. The Balaban J connectivity index is 1.93. The van der Waals surface area contributed by atoms with Gasteiger partial charge in [0.25, 0.3) is 0 Å². The van der Waals surface area contributed by atoms with Crippen molar-refractivity contribution >= 4 is 39.3 Å². The van der Waals surface area contributed by atoms with Gasteiger partial charge in [-0.25, -0.2) is 4.39 Å². The summed E-state index contributed by atoms with van der Waals surface area (Å²) in [5.74, 6) is 0.114. The van der Waals surface area contributed by atoms with Crippen LogP contribution in [0.15, 0.2) is 46.9 Å². The van der Waals surface area contributed by atoms with Crippen molar-refractivity contribution in [2.45, 2.75) is 24.9 Å². The molecule has 2 aromatic carbocycles. The first-order valence-corrected chi connectivity index (χ1v) is 8.73. The monoisotopic (exact) mass is 381 g/mol. The summed E-state index contributed by atoms with van der Waals surface area (Å²) in [6.07, 6.45) is 0. The van der Waals surface area contributed by atoms with Crippen LogP contribution in [0.2, 0.25) is 0 Å². The zero-order valence-electron chi connectivity index (χ0n) is 12.4. The van der Waals surface area contributed by atoms with Gasteiger partial charge in [-0.1, -0.05) is 40.2 Å². The Hall–Kier alpha value is -1.33. The second-order valence-electron chi connectivity index (χ2n) is 4.99. The summed E-state index contributed by atoms with van der Waals surface area (Å²) in [4.78, 5) is 12.1. The third-order valence-electron chi connectivity index (χ3n) is 3.31. The molecule has 0 aliphatic heterocycles. The van der Waals surface area contributed by atoms with Crippen molar-refractivity contribution in [3.63, 3.8) is 0 Å². The number of rotatable bonds is 5. The molecule has 116 valence electrons. The van der Waals surface area contributed by atoms with Crippen LogP contribution >= 0.6 is 27.7 Å². The molecule has 2 aromatic rings. The van der Waals surface area contributed by atoms with Crippen molar-refractivity contribution < 1.29 is 9.18 Å². The van der Waals surface area contributed by atoms with Crippen LogP contribution in [0.5, 0.6) is 0 Å². The van der Waals surface area contributed by atoms with E-state index in [1.807, 2.05) is 19.1 Å². The highest BCUT2D eigenvalue weighted by atomic mass is 79.9. The quantitative estimate of drug-likeness (QED) is 0.774. The van der Waals surface area contributed by atoms with E-state index < -0.39 is 5.82 Å². The van der Waals surface area contributed by atoms with Crippen molar-refractivity contribution in [3.05, 3.63) is 63.9 Å². The molecule has 0 saturated carbocycles. The van der Waals surface area contributed by atoms with Gasteiger partial charge in [-0.2, -0.15) is 0 Å². The minimum absolute atomic E-state index is 0.195. The van der Waals surface area contributed by atoms with Crippen molar-refractivity contribution in [2.75, 3.05) is 5.32 Å². The maximum Gasteiger partial charge on any atom is 0.237 e. The summed E-state index contributed by atoms with van der Waals surface area (Å²) in [5.41, 5.74) is 2.63. The average molecular weight is 382 g/mol. The van der Waals surface area contributed by atoms with Gasteiger partial charge in [0.15, 0.2) is 0 Å². The van der Waals surface area contributed by atoms with Crippen molar-refractivity contribution in [2.24, 2.45) is 0 Å². The number of hydrogen-bond acceptors (Lipinski definition) is 2. The van der Waals surface area contributed by atoms with E-state index in [4.69, 9.17) is 0 Å². The van der Waals surface area contributed by atoms with Crippen LogP contribution in [0.1, 0.15) is 18.1 Å². The number of nitrogens with one attached hydrogen (secondary N) is 1. The van der Waals surface area contributed by atoms with E-state index in [1.54, 1.807) is 12.1 Å². The van der Waals surface area contributed by atoms with Crippen LogP contribution in [0.3, 0.4) is 0 Å². The van der Waals surface area contributed by atoms with Crippen molar-refractivity contribution in [1.29, 1.82) is 0 Å². The molecule has 1 atom stereocenters. The van der Waals surface area contributed by atoms with E-state index in [1.165, 1.54) is 29.0 Å². The van der Waals surface area contributed by atoms with E-state index in [-0.39, 0.29) is 16.8 Å². The third-order valence-corrected chi connectivity index (χ3v) is 4.99. The number of benzene rings is 2. The summed E-state index contributed by atoms with van der Waals surface area (Å²) < 4.78 is 14.4. The second kappa shape index (κ2) is 7.79. The standard InChI is InChI=1S/C17H17BrFNOS/c1-11-5-3-4-6-13(11)10-22-12(2)17(21)20-16-8-7-14(18)9-15(16)19/h3-9,12H,10H2,1-2H3,(H,20,21). The lowest BCUT2D eigenvalue weighted by molar-refractivity contribution is -0.115. The SMILES string of the molecule is Cc1ccccc1CSC(C)C(=O)Nc1ccc(Br)cc1F. The van der Waals surface area contributed by atoms with Gasteiger partial charge in [-0.05, 0) is 43.2 Å². The number of anilines is 1. The van der Waals surface area contributed by atoms with Crippen LogP contribution in [-0.2, 0) is 10.5 Å². The summed E-state index contributed by atoms with van der Waals surface area (Å²) in [6.45, 7) is 3.88. The maximum absolute atomic E-state index is 13.7. The fourth-order valence-corrected chi connectivity index (χ4v) is 3.18. The fourth-order valence-electron chi connectivity index (χ4n) is 1.89. The van der Waals surface area contributed by atoms with E-state index in [0.717, 1.165) is 5.75 Å². The number of carbonyl (C=O) groups is 1. The topological polar surface area (TPSA) is 29.1 Å². The molecule has 0 heterocycles. The molecule has 1 unspecified atom stereocenters. The van der Waals surface area contributed by atoms with Crippen LogP contribution in [0.4, 0.5) is 10.1 Å². The molecule has 0 aliphatic carbocycles. The first-order chi connectivity index (χ1) is 10.5. The Bertz CT molecular complexity index is 677. The maximum atomic E-state index is 13.7. The Morgan fingerprint density at radius 1 is 1.32 bits per heavy atom. The molecule has 2 nitrogen and oxygen atoms in total. The first-order valence-electron chi connectivity index (χ1n) is 6.89. The molecule has 1 amide bonds. The van der Waals surface area contributed by atoms with Gasteiger partial charge in [0, 0.05) is 10.2 Å². The number of thioether (sulfide) groups is 1. The summed E-state index contributed by atoms with van der Waals surface area (Å²) in [6, 6.07) is 12.7. The Morgan fingerprint density at radius 2 is 2.05 bits per heavy atom. The lowest BCUT2D eigenvalue weighted by Crippen LogP contribution is -2.23. The van der Waals surface area contributed by atoms with Gasteiger partial charge >= 0.3 is 0 Å². The van der Waals surface area contributed by atoms with E-state index >= 15 is 0 Å². The van der Waals surface area contributed by atoms with Gasteiger partial charge < -0.3 is 5.32 Å². The molecule has 0 bridgehead atoms. The van der Waals surface area contributed by atoms with Gasteiger partial charge in [0.1, 0.15) is 5.82 Å². The number of hydrogen-bond donors (Lipinski definition) is 1. The minimum atomic E-state index is -0.446. The van der Waals surface area contributed by atoms with Crippen LogP contribution < -0.4 is 5.32 Å². The molecule has 1 N–H and O–H groups in total. The normalized spacial score (nSPS) is 12.0. The smallest absolute Gasteiger partial charge is 0.237 e. The molecular formula is C17H17BrFNOS. The molecule has 0 aliphatic rings. The lowest BCUT2D eigenvalue weighted by atomic mass is 10.1. The largest absolute Gasteiger partial charge is 0.323 e. The Kier molecular flexibility index (Phi) is 6.03. The predicted octanol–water partition coefficient (Wildman–Crippen LogP) is 5.16. The zero-order valence-corrected chi connectivity index (χ0v) is 14.8. The highest BCUT2D eigenvalue weighted by Gasteiger charge is 2.15. The molecule has 0 radical (unpaired) electrons. The minimum Gasteiger partial charge on any atom is -0.323 e. The van der Waals surface area contributed by atoms with Crippen molar-refractivity contribution in [3.8, 4) is 0 Å². The molecule has 0 saturated heterocycles. The van der Waals surface area contributed by atoms with Crippen LogP contribution in [-0.4, -0.2) is 11.2 Å². The molecule has 2 rings (SSSR count). The predicted molar refractivity (Wildman–Crippen MR) is 94.7 cm³/mol. The number of aryl methyl sites for hydroxylation is 1. The van der Waals surface area contributed by atoms with E-state index in [0.29, 0.717) is 4.47 Å². The van der Waals surface area contributed by atoms with Crippen LogP contribution in [0, 0.1) is 12.7 Å². The number of amides is 1. The van der Waals surface area contributed by atoms with Gasteiger partial charge in [-0.3, -0.25) is 4.79 Å². The van der Waals surface area contributed by atoms with Crippen LogP contribution in [0.25, 0.3) is 0 Å². The number of carbonyl (C=O) groups excluding carboxylic acids is 1. The molecule has 0 aromatic heterocycles. The summed E-state index contributed by atoms with van der Waals surface area (Å²) in [7, 11) is 0. The van der Waals surface area contributed by atoms with Gasteiger partial charge in [-0.15, -0.1) is 11.8 Å². The third kappa shape index (κ3) is 4.58.